The van der Waals surface area contributed by atoms with E-state index in [4.69, 9.17) is 16.3 Å². The van der Waals surface area contributed by atoms with E-state index in [-0.39, 0.29) is 21.2 Å². The minimum Gasteiger partial charge on any atom is -0.477 e. The standard InChI is InChI=1S/C30H40ClN7O4S/c1-29(2)18-21(19-34-29)6-4-5-15-32-24-9-7-22(20-33-24)43(40,41)37-28(39)23-8-10-25(35-27(23)31)38-16-11-26(36-38)42-17-14-30(3)12-13-30/h7-11,16,20-21,34H,4-6,12-15,17-19H2,1-3H3,(H,32,33)(H,37,39). The minimum absolute atomic E-state index is 0.0847. The molecule has 0 radical (unpaired) electrons. The van der Waals surface area contributed by atoms with Crippen LogP contribution in [0.1, 0.15) is 76.1 Å². The van der Waals surface area contributed by atoms with E-state index in [0.717, 1.165) is 32.4 Å². The Labute approximate surface area is 258 Å². The number of hydrogen-bond donors (Lipinski definition) is 3. The first kappa shape index (κ1) is 31.2. The van der Waals surface area contributed by atoms with Crippen molar-refractivity contribution in [3.05, 3.63) is 53.4 Å². The lowest BCUT2D eigenvalue weighted by molar-refractivity contribution is 0.0981. The summed E-state index contributed by atoms with van der Waals surface area (Å²) in [6, 6.07) is 7.65. The molecule has 1 aliphatic heterocycles. The number of halogens is 1. The van der Waals surface area contributed by atoms with E-state index in [1.807, 2.05) is 4.72 Å². The van der Waals surface area contributed by atoms with Gasteiger partial charge in [-0.25, -0.2) is 27.8 Å². The van der Waals surface area contributed by atoms with Crippen LogP contribution in [0.25, 0.3) is 5.82 Å². The Morgan fingerprint density at radius 1 is 1.16 bits per heavy atom. The molecule has 0 aromatic carbocycles. The highest BCUT2D eigenvalue weighted by Crippen LogP contribution is 2.47. The van der Waals surface area contributed by atoms with Gasteiger partial charge in [0.15, 0.2) is 5.82 Å². The van der Waals surface area contributed by atoms with Crippen LogP contribution in [0.4, 0.5) is 5.82 Å². The van der Waals surface area contributed by atoms with Gasteiger partial charge in [0.25, 0.3) is 15.9 Å². The molecule has 4 heterocycles. The largest absolute Gasteiger partial charge is 0.477 e. The van der Waals surface area contributed by atoms with E-state index < -0.39 is 15.9 Å². The van der Waals surface area contributed by atoms with Gasteiger partial charge >= 0.3 is 0 Å². The predicted octanol–water partition coefficient (Wildman–Crippen LogP) is 4.97. The molecule has 2 aliphatic rings. The van der Waals surface area contributed by atoms with Gasteiger partial charge in [-0.3, -0.25) is 4.79 Å². The summed E-state index contributed by atoms with van der Waals surface area (Å²) in [4.78, 5) is 21.1. The summed E-state index contributed by atoms with van der Waals surface area (Å²) in [5, 5.41) is 11.0. The normalized spacial score (nSPS) is 18.7. The van der Waals surface area contributed by atoms with E-state index in [0.29, 0.717) is 35.5 Å². The number of pyridine rings is 2. The lowest BCUT2D eigenvalue weighted by Crippen LogP contribution is -2.31. The number of nitrogens with one attached hydrogen (secondary N) is 3. The topological polar surface area (TPSA) is 140 Å². The van der Waals surface area contributed by atoms with E-state index in [1.54, 1.807) is 18.3 Å². The lowest BCUT2D eigenvalue weighted by atomic mass is 9.93. The summed E-state index contributed by atoms with van der Waals surface area (Å²) in [6.45, 7) is 9.13. The van der Waals surface area contributed by atoms with Crippen LogP contribution in [0.3, 0.4) is 0 Å². The van der Waals surface area contributed by atoms with Crippen molar-refractivity contribution >= 4 is 33.3 Å². The Morgan fingerprint density at radius 3 is 2.65 bits per heavy atom. The van der Waals surface area contributed by atoms with Gasteiger partial charge in [-0.1, -0.05) is 24.9 Å². The minimum atomic E-state index is -4.18. The molecule has 5 rings (SSSR count). The zero-order valence-corrected chi connectivity index (χ0v) is 26.5. The molecular formula is C30H40ClN7O4S. The summed E-state index contributed by atoms with van der Waals surface area (Å²) in [5.41, 5.74) is 0.540. The molecule has 0 spiro atoms. The zero-order valence-electron chi connectivity index (χ0n) is 24.9. The molecule has 3 N–H and O–H groups in total. The van der Waals surface area contributed by atoms with Crippen LogP contribution in [-0.4, -0.2) is 59.3 Å². The van der Waals surface area contributed by atoms with Crippen molar-refractivity contribution < 1.29 is 17.9 Å². The van der Waals surface area contributed by atoms with E-state index >= 15 is 0 Å². The SMILES string of the molecule is CC1(CCOc2ccn(-c3ccc(C(=O)NS(=O)(=O)c4ccc(NCCCCC5CNC(C)(C)C5)nc4)c(Cl)n3)n2)CC1. The van der Waals surface area contributed by atoms with Crippen LogP contribution in [0.5, 0.6) is 5.88 Å². The number of unbranched alkanes of at least 4 members (excludes halogenated alkanes) is 1. The van der Waals surface area contributed by atoms with Crippen LogP contribution in [0.15, 0.2) is 47.6 Å². The Kier molecular flexibility index (Phi) is 9.29. The van der Waals surface area contributed by atoms with Gasteiger partial charge in [-0.05, 0) is 94.5 Å². The molecule has 3 aromatic heterocycles. The third-order valence-electron chi connectivity index (χ3n) is 8.22. The average molecular weight is 630 g/mol. The Bertz CT molecular complexity index is 1540. The second-order valence-electron chi connectivity index (χ2n) is 12.6. The molecular weight excluding hydrogens is 590 g/mol. The van der Waals surface area contributed by atoms with Gasteiger partial charge in [0.1, 0.15) is 15.9 Å². The molecule has 3 aromatic rings. The first-order chi connectivity index (χ1) is 20.4. The summed E-state index contributed by atoms with van der Waals surface area (Å²) in [5.74, 6) is 1.21. The first-order valence-electron chi connectivity index (χ1n) is 14.8. The van der Waals surface area contributed by atoms with Crippen LogP contribution in [0.2, 0.25) is 5.15 Å². The fraction of sp³-hybridized carbons (Fsp3) is 0.533. The van der Waals surface area contributed by atoms with Crippen LogP contribution < -0.4 is 20.1 Å². The number of rotatable bonds is 14. The van der Waals surface area contributed by atoms with Crippen molar-refractivity contribution in [2.75, 3.05) is 25.0 Å². The third-order valence-corrected chi connectivity index (χ3v) is 9.83. The smallest absolute Gasteiger partial charge is 0.268 e. The molecule has 1 saturated heterocycles. The van der Waals surface area contributed by atoms with Crippen molar-refractivity contribution in [2.24, 2.45) is 11.3 Å². The van der Waals surface area contributed by atoms with Gasteiger partial charge in [-0.2, -0.15) is 0 Å². The summed E-state index contributed by atoms with van der Waals surface area (Å²) in [7, 11) is -4.18. The quantitative estimate of drug-likeness (QED) is 0.166. The van der Waals surface area contributed by atoms with E-state index in [2.05, 4.69) is 46.5 Å². The third kappa shape index (κ3) is 8.45. The van der Waals surface area contributed by atoms with Gasteiger partial charge in [-0.15, -0.1) is 5.10 Å². The molecule has 2 fully saturated rings. The number of nitrogens with zero attached hydrogens (tertiary/aromatic N) is 4. The fourth-order valence-electron chi connectivity index (χ4n) is 5.24. The maximum Gasteiger partial charge on any atom is 0.268 e. The Balaban J connectivity index is 1.09. The number of hydrogen-bond acceptors (Lipinski definition) is 9. The molecule has 1 saturated carbocycles. The second kappa shape index (κ2) is 12.8. The molecule has 1 atom stereocenters. The first-order valence-corrected chi connectivity index (χ1v) is 16.7. The van der Waals surface area contributed by atoms with Gasteiger partial charge < -0.3 is 15.4 Å². The number of ether oxygens (including phenoxy) is 1. The Morgan fingerprint density at radius 2 is 1.98 bits per heavy atom. The Hall–Kier alpha value is -3.22. The molecule has 0 bridgehead atoms. The maximum absolute atomic E-state index is 12.9. The number of sulfonamides is 1. The highest BCUT2D eigenvalue weighted by molar-refractivity contribution is 7.90. The van der Waals surface area contributed by atoms with Crippen molar-refractivity contribution in [2.45, 2.75) is 76.2 Å². The molecule has 1 aliphatic carbocycles. The highest BCUT2D eigenvalue weighted by atomic mass is 35.5. The van der Waals surface area contributed by atoms with E-state index in [9.17, 15) is 13.2 Å². The van der Waals surface area contributed by atoms with Crippen molar-refractivity contribution in [3.8, 4) is 11.7 Å². The number of amides is 1. The van der Waals surface area contributed by atoms with Crippen LogP contribution >= 0.6 is 11.6 Å². The average Bonchev–Trinajstić information content (AvgIpc) is 3.33. The highest BCUT2D eigenvalue weighted by Gasteiger charge is 2.36. The molecule has 232 valence electrons. The predicted molar refractivity (Wildman–Crippen MR) is 165 cm³/mol. The summed E-state index contributed by atoms with van der Waals surface area (Å²) in [6.07, 6.45) is 10.8. The number of anilines is 1. The van der Waals surface area contributed by atoms with E-state index in [1.165, 1.54) is 54.8 Å². The maximum atomic E-state index is 12.9. The van der Waals surface area contributed by atoms with Gasteiger partial charge in [0.2, 0.25) is 5.88 Å². The molecule has 13 heteroatoms. The molecule has 43 heavy (non-hydrogen) atoms. The second-order valence-corrected chi connectivity index (χ2v) is 14.6. The number of aromatic nitrogens is 4. The number of carbonyl (C=O) groups excluding carboxylic acids is 1. The van der Waals surface area contributed by atoms with Crippen molar-refractivity contribution in [1.82, 2.24) is 29.8 Å². The molecule has 1 amide bonds. The van der Waals surface area contributed by atoms with Crippen molar-refractivity contribution in [3.63, 3.8) is 0 Å². The monoisotopic (exact) mass is 629 g/mol. The fourth-order valence-corrected chi connectivity index (χ4v) is 6.39. The van der Waals surface area contributed by atoms with Crippen molar-refractivity contribution in [1.29, 1.82) is 0 Å². The van der Waals surface area contributed by atoms with Crippen LogP contribution in [-0.2, 0) is 10.0 Å². The zero-order chi connectivity index (χ0) is 30.7. The molecule has 1 unspecified atom stereocenters. The number of carbonyl (C=O) groups is 1. The lowest BCUT2D eigenvalue weighted by Gasteiger charge is -2.17. The van der Waals surface area contributed by atoms with Crippen LogP contribution in [0, 0.1) is 11.3 Å². The summed E-state index contributed by atoms with van der Waals surface area (Å²) >= 11 is 6.27. The van der Waals surface area contributed by atoms with Gasteiger partial charge in [0.05, 0.1) is 12.2 Å². The van der Waals surface area contributed by atoms with Gasteiger partial charge in [0, 0.05) is 30.5 Å². The summed E-state index contributed by atoms with van der Waals surface area (Å²) < 4.78 is 35.0. The molecule has 11 nitrogen and oxygen atoms in total.